The highest BCUT2D eigenvalue weighted by atomic mass is 35.5. The SMILES string of the molecule is O=S(=O)(Nc1cccc(Sc2ccccc2)n1)c1ccccc1Cl. The molecule has 7 heteroatoms. The van der Waals surface area contributed by atoms with Gasteiger partial charge in [-0.15, -0.1) is 0 Å². The lowest BCUT2D eigenvalue weighted by Crippen LogP contribution is -2.14. The average Bonchev–Trinajstić information content (AvgIpc) is 2.56. The number of nitrogens with zero attached hydrogens (tertiary/aromatic N) is 1. The summed E-state index contributed by atoms with van der Waals surface area (Å²) < 4.78 is 27.4. The summed E-state index contributed by atoms with van der Waals surface area (Å²) in [6.45, 7) is 0. The fourth-order valence-corrected chi connectivity index (χ4v) is 4.34. The van der Waals surface area contributed by atoms with Crippen LogP contribution in [0.1, 0.15) is 0 Å². The van der Waals surface area contributed by atoms with Gasteiger partial charge in [0.2, 0.25) is 0 Å². The molecule has 0 aliphatic rings. The molecular formula is C17H13ClN2O2S2. The molecule has 0 spiro atoms. The number of benzene rings is 2. The number of sulfonamides is 1. The van der Waals surface area contributed by atoms with Gasteiger partial charge in [-0.1, -0.05) is 59.8 Å². The van der Waals surface area contributed by atoms with Crippen LogP contribution in [0.2, 0.25) is 5.02 Å². The number of halogens is 1. The van der Waals surface area contributed by atoms with E-state index in [1.807, 2.05) is 36.4 Å². The second-order valence-corrected chi connectivity index (χ2v) is 7.96. The predicted molar refractivity (Wildman–Crippen MR) is 97.1 cm³/mol. The van der Waals surface area contributed by atoms with Crippen molar-refractivity contribution < 1.29 is 8.42 Å². The summed E-state index contributed by atoms with van der Waals surface area (Å²) in [6.07, 6.45) is 0. The van der Waals surface area contributed by atoms with E-state index in [9.17, 15) is 8.42 Å². The van der Waals surface area contributed by atoms with Gasteiger partial charge in [0.15, 0.2) is 0 Å². The number of anilines is 1. The highest BCUT2D eigenvalue weighted by Gasteiger charge is 2.18. The monoisotopic (exact) mass is 376 g/mol. The lowest BCUT2D eigenvalue weighted by atomic mass is 10.4. The number of hydrogen-bond donors (Lipinski definition) is 1. The number of hydrogen-bond acceptors (Lipinski definition) is 4. The first-order chi connectivity index (χ1) is 11.5. The number of rotatable bonds is 5. The molecule has 0 atom stereocenters. The van der Waals surface area contributed by atoms with Crippen molar-refractivity contribution in [2.75, 3.05) is 4.72 Å². The van der Waals surface area contributed by atoms with Gasteiger partial charge in [-0.2, -0.15) is 0 Å². The Kier molecular flexibility index (Phi) is 5.08. The Bertz CT molecular complexity index is 948. The fraction of sp³-hybridized carbons (Fsp3) is 0. The summed E-state index contributed by atoms with van der Waals surface area (Å²) in [4.78, 5) is 5.38. The van der Waals surface area contributed by atoms with Crippen molar-refractivity contribution >= 4 is 39.2 Å². The molecule has 0 bridgehead atoms. The largest absolute Gasteiger partial charge is 0.264 e. The number of aromatic nitrogens is 1. The zero-order chi connectivity index (χ0) is 17.0. The Balaban J connectivity index is 1.83. The van der Waals surface area contributed by atoms with E-state index in [0.717, 1.165) is 4.90 Å². The second kappa shape index (κ2) is 7.25. The van der Waals surface area contributed by atoms with Crippen LogP contribution in [0, 0.1) is 0 Å². The molecule has 2 aromatic carbocycles. The van der Waals surface area contributed by atoms with Crippen molar-refractivity contribution in [1.29, 1.82) is 0 Å². The molecular weight excluding hydrogens is 364 g/mol. The summed E-state index contributed by atoms with van der Waals surface area (Å²) in [6, 6.07) is 21.2. The Hall–Kier alpha value is -2.02. The van der Waals surface area contributed by atoms with Crippen molar-refractivity contribution in [3.05, 3.63) is 77.8 Å². The van der Waals surface area contributed by atoms with Crippen LogP contribution in [0.4, 0.5) is 5.82 Å². The van der Waals surface area contributed by atoms with E-state index in [0.29, 0.717) is 5.03 Å². The van der Waals surface area contributed by atoms with Crippen LogP contribution in [-0.4, -0.2) is 13.4 Å². The molecule has 1 N–H and O–H groups in total. The van der Waals surface area contributed by atoms with Crippen molar-refractivity contribution in [3.63, 3.8) is 0 Å². The molecule has 122 valence electrons. The summed E-state index contributed by atoms with van der Waals surface area (Å²) >= 11 is 7.42. The van der Waals surface area contributed by atoms with Crippen LogP contribution in [0.5, 0.6) is 0 Å². The maximum Gasteiger partial charge on any atom is 0.264 e. The molecule has 0 unspecified atom stereocenters. The predicted octanol–water partition coefficient (Wildman–Crippen LogP) is 4.69. The first-order valence-electron chi connectivity index (χ1n) is 7.02. The van der Waals surface area contributed by atoms with Crippen LogP contribution < -0.4 is 4.72 Å². The van der Waals surface area contributed by atoms with E-state index in [2.05, 4.69) is 9.71 Å². The van der Waals surface area contributed by atoms with E-state index in [4.69, 9.17) is 11.6 Å². The quantitative estimate of drug-likeness (QED) is 0.701. The first-order valence-corrected chi connectivity index (χ1v) is 9.70. The van der Waals surface area contributed by atoms with E-state index >= 15 is 0 Å². The van der Waals surface area contributed by atoms with Crippen molar-refractivity contribution in [2.45, 2.75) is 14.8 Å². The molecule has 1 aromatic heterocycles. The molecule has 24 heavy (non-hydrogen) atoms. The minimum atomic E-state index is -3.79. The number of nitrogens with one attached hydrogen (secondary N) is 1. The Labute approximate surface area is 150 Å². The molecule has 0 saturated carbocycles. The highest BCUT2D eigenvalue weighted by molar-refractivity contribution is 7.99. The van der Waals surface area contributed by atoms with Crippen LogP contribution in [0.25, 0.3) is 0 Å². The summed E-state index contributed by atoms with van der Waals surface area (Å²) in [5.41, 5.74) is 0. The van der Waals surface area contributed by atoms with Gasteiger partial charge in [-0.3, -0.25) is 4.72 Å². The van der Waals surface area contributed by atoms with Crippen molar-refractivity contribution in [2.24, 2.45) is 0 Å². The van der Waals surface area contributed by atoms with Gasteiger partial charge >= 0.3 is 0 Å². The Morgan fingerprint density at radius 2 is 1.58 bits per heavy atom. The van der Waals surface area contributed by atoms with Crippen molar-refractivity contribution in [1.82, 2.24) is 4.98 Å². The maximum absolute atomic E-state index is 12.4. The van der Waals surface area contributed by atoms with Crippen LogP contribution >= 0.6 is 23.4 Å². The molecule has 0 aliphatic carbocycles. The smallest absolute Gasteiger partial charge is 0.263 e. The molecule has 3 aromatic rings. The van der Waals surface area contributed by atoms with Gasteiger partial charge in [0.05, 0.1) is 5.02 Å². The van der Waals surface area contributed by atoms with E-state index in [-0.39, 0.29) is 15.7 Å². The van der Waals surface area contributed by atoms with Gasteiger partial charge in [0.25, 0.3) is 10.0 Å². The van der Waals surface area contributed by atoms with Gasteiger partial charge in [-0.05, 0) is 36.4 Å². The fourth-order valence-electron chi connectivity index (χ4n) is 1.99. The second-order valence-electron chi connectivity index (χ2n) is 4.81. The third kappa shape index (κ3) is 4.08. The highest BCUT2D eigenvalue weighted by Crippen LogP contribution is 2.27. The third-order valence-corrected chi connectivity index (χ3v) is 5.85. The van der Waals surface area contributed by atoms with Crippen LogP contribution in [-0.2, 0) is 10.0 Å². The normalized spacial score (nSPS) is 11.2. The molecule has 0 amide bonds. The Morgan fingerprint density at radius 1 is 0.875 bits per heavy atom. The third-order valence-electron chi connectivity index (χ3n) is 3.05. The molecule has 1 heterocycles. The molecule has 0 saturated heterocycles. The van der Waals surface area contributed by atoms with Gasteiger partial charge in [0.1, 0.15) is 15.7 Å². The summed E-state index contributed by atoms with van der Waals surface area (Å²) in [5.74, 6) is 0.246. The summed E-state index contributed by atoms with van der Waals surface area (Å²) in [5, 5.41) is 0.861. The average molecular weight is 377 g/mol. The first kappa shape index (κ1) is 16.8. The topological polar surface area (TPSA) is 59.1 Å². The minimum absolute atomic E-state index is 0.0228. The maximum atomic E-state index is 12.4. The zero-order valence-corrected chi connectivity index (χ0v) is 14.8. The van der Waals surface area contributed by atoms with Crippen LogP contribution in [0.15, 0.2) is 87.6 Å². The molecule has 0 radical (unpaired) electrons. The van der Waals surface area contributed by atoms with Gasteiger partial charge in [0, 0.05) is 4.90 Å². The Morgan fingerprint density at radius 3 is 2.33 bits per heavy atom. The molecule has 0 aliphatic heterocycles. The van der Waals surface area contributed by atoms with Crippen molar-refractivity contribution in [3.8, 4) is 0 Å². The molecule has 4 nitrogen and oxygen atoms in total. The van der Waals surface area contributed by atoms with Gasteiger partial charge in [-0.25, -0.2) is 13.4 Å². The molecule has 0 fully saturated rings. The minimum Gasteiger partial charge on any atom is -0.263 e. The zero-order valence-electron chi connectivity index (χ0n) is 12.4. The van der Waals surface area contributed by atoms with E-state index in [1.54, 1.807) is 24.3 Å². The van der Waals surface area contributed by atoms with Crippen LogP contribution in [0.3, 0.4) is 0 Å². The standard InChI is InChI=1S/C17H13ClN2O2S2/c18-14-9-4-5-10-15(14)24(21,22)20-16-11-6-12-17(19-16)23-13-7-2-1-3-8-13/h1-12H,(H,19,20). The van der Waals surface area contributed by atoms with E-state index in [1.165, 1.54) is 23.9 Å². The summed E-state index contributed by atoms with van der Waals surface area (Å²) in [7, 11) is -3.79. The lowest BCUT2D eigenvalue weighted by Gasteiger charge is -2.09. The number of pyridine rings is 1. The molecule has 3 rings (SSSR count). The van der Waals surface area contributed by atoms with E-state index < -0.39 is 10.0 Å². The van der Waals surface area contributed by atoms with Gasteiger partial charge < -0.3 is 0 Å². The lowest BCUT2D eigenvalue weighted by molar-refractivity contribution is 0.601.